The average Bonchev–Trinajstić information content (AvgIpc) is 2.74. The van der Waals surface area contributed by atoms with E-state index in [0.29, 0.717) is 6.42 Å². The van der Waals surface area contributed by atoms with E-state index < -0.39 is 5.60 Å². The van der Waals surface area contributed by atoms with Gasteiger partial charge in [-0.1, -0.05) is 91.9 Å². The summed E-state index contributed by atoms with van der Waals surface area (Å²) in [5, 5.41) is 13.0. The number of benzene rings is 3. The van der Waals surface area contributed by atoms with E-state index >= 15 is 0 Å². The number of hydrogen-bond acceptors (Lipinski definition) is 2. The van der Waals surface area contributed by atoms with Crippen molar-refractivity contribution in [3.8, 4) is 0 Å². The highest BCUT2D eigenvalue weighted by Gasteiger charge is 2.37. The summed E-state index contributed by atoms with van der Waals surface area (Å²) in [5.41, 5.74) is 2.83. The van der Waals surface area contributed by atoms with Crippen molar-refractivity contribution >= 4 is 10.9 Å². The van der Waals surface area contributed by atoms with Gasteiger partial charge in [0.2, 0.25) is 0 Å². The van der Waals surface area contributed by atoms with Crippen molar-refractivity contribution in [1.29, 1.82) is 0 Å². The molecule has 2 atom stereocenters. The number of pyridine rings is 1. The molecule has 0 aliphatic rings. The number of fused-ring (bicyclic) bond motifs is 1. The number of nitrogens with zero attached hydrogens (tertiary/aromatic N) is 1. The van der Waals surface area contributed by atoms with Crippen molar-refractivity contribution in [2.75, 3.05) is 0 Å². The van der Waals surface area contributed by atoms with Gasteiger partial charge in [0.15, 0.2) is 0 Å². The zero-order valence-electron chi connectivity index (χ0n) is 15.4. The van der Waals surface area contributed by atoms with Gasteiger partial charge in [-0.3, -0.25) is 4.98 Å². The van der Waals surface area contributed by atoms with Crippen LogP contribution in [0.5, 0.6) is 0 Å². The number of para-hydroxylation sites is 1. The van der Waals surface area contributed by atoms with Gasteiger partial charge in [0.05, 0.1) is 5.52 Å². The molecule has 134 valence electrons. The van der Waals surface area contributed by atoms with Gasteiger partial charge in [-0.05, 0) is 23.3 Å². The van der Waals surface area contributed by atoms with Crippen molar-refractivity contribution in [2.45, 2.75) is 24.9 Å². The molecule has 3 aromatic carbocycles. The van der Waals surface area contributed by atoms with Gasteiger partial charge in [0.25, 0.3) is 0 Å². The topological polar surface area (TPSA) is 33.1 Å². The smallest absolute Gasteiger partial charge is 0.102 e. The van der Waals surface area contributed by atoms with Gasteiger partial charge in [0, 0.05) is 23.4 Å². The SMILES string of the molecule is C[C@H](c1ccc2ccccc2n1)[C@@](O)(Cc1ccccc1)c1ccccc1. The summed E-state index contributed by atoms with van der Waals surface area (Å²) in [6.45, 7) is 2.06. The van der Waals surface area contributed by atoms with Crippen molar-refractivity contribution in [3.05, 3.63) is 114 Å². The first kappa shape index (κ1) is 17.4. The van der Waals surface area contributed by atoms with E-state index in [1.807, 2.05) is 72.8 Å². The second-order valence-corrected chi connectivity index (χ2v) is 7.10. The summed E-state index contributed by atoms with van der Waals surface area (Å²) >= 11 is 0. The van der Waals surface area contributed by atoms with E-state index in [9.17, 15) is 5.11 Å². The summed E-state index contributed by atoms with van der Waals surface area (Å²) in [6, 6.07) is 32.3. The first-order chi connectivity index (χ1) is 13.2. The Kier molecular flexibility index (Phi) is 4.74. The van der Waals surface area contributed by atoms with Crippen molar-refractivity contribution in [2.24, 2.45) is 0 Å². The van der Waals surface area contributed by atoms with Gasteiger partial charge in [0.1, 0.15) is 5.60 Å². The lowest BCUT2D eigenvalue weighted by molar-refractivity contribution is 0.0115. The van der Waals surface area contributed by atoms with E-state index in [1.165, 1.54) is 0 Å². The van der Waals surface area contributed by atoms with Crippen molar-refractivity contribution < 1.29 is 5.11 Å². The van der Waals surface area contributed by atoms with E-state index in [2.05, 4.69) is 31.2 Å². The fraction of sp³-hybridized carbons (Fsp3) is 0.160. The minimum Gasteiger partial charge on any atom is -0.384 e. The second kappa shape index (κ2) is 7.34. The van der Waals surface area contributed by atoms with E-state index in [-0.39, 0.29) is 5.92 Å². The van der Waals surface area contributed by atoms with Gasteiger partial charge in [-0.25, -0.2) is 0 Å². The molecule has 0 aliphatic carbocycles. The Morgan fingerprint density at radius 1 is 0.778 bits per heavy atom. The molecule has 1 N–H and O–H groups in total. The summed E-state index contributed by atoms with van der Waals surface area (Å²) in [6.07, 6.45) is 0.535. The maximum Gasteiger partial charge on any atom is 0.102 e. The molecule has 0 unspecified atom stereocenters. The van der Waals surface area contributed by atoms with E-state index in [0.717, 1.165) is 27.7 Å². The highest BCUT2D eigenvalue weighted by Crippen LogP contribution is 2.39. The quantitative estimate of drug-likeness (QED) is 0.516. The number of hydrogen-bond donors (Lipinski definition) is 1. The fourth-order valence-electron chi connectivity index (χ4n) is 3.71. The fourth-order valence-corrected chi connectivity index (χ4v) is 3.71. The average molecular weight is 353 g/mol. The minimum atomic E-state index is -1.04. The first-order valence-corrected chi connectivity index (χ1v) is 9.34. The molecule has 27 heavy (non-hydrogen) atoms. The Labute approximate surface area is 160 Å². The lowest BCUT2D eigenvalue weighted by Crippen LogP contribution is -2.35. The molecule has 0 saturated heterocycles. The van der Waals surface area contributed by atoms with Gasteiger partial charge >= 0.3 is 0 Å². The van der Waals surface area contributed by atoms with Gasteiger partial charge in [-0.2, -0.15) is 0 Å². The van der Waals surface area contributed by atoms with Crippen LogP contribution >= 0.6 is 0 Å². The van der Waals surface area contributed by atoms with E-state index in [1.54, 1.807) is 0 Å². The Morgan fingerprint density at radius 3 is 2.15 bits per heavy atom. The maximum atomic E-state index is 11.9. The van der Waals surface area contributed by atoms with Gasteiger partial charge in [-0.15, -0.1) is 0 Å². The maximum absolute atomic E-state index is 11.9. The third-order valence-corrected chi connectivity index (χ3v) is 5.37. The van der Waals surface area contributed by atoms with Crippen molar-refractivity contribution in [3.63, 3.8) is 0 Å². The summed E-state index contributed by atoms with van der Waals surface area (Å²) in [7, 11) is 0. The highest BCUT2D eigenvalue weighted by atomic mass is 16.3. The molecule has 0 radical (unpaired) electrons. The zero-order valence-corrected chi connectivity index (χ0v) is 15.4. The predicted molar refractivity (Wildman–Crippen MR) is 111 cm³/mol. The van der Waals surface area contributed by atoms with Crippen LogP contribution in [0.3, 0.4) is 0 Å². The normalized spacial score (nSPS) is 14.6. The van der Waals surface area contributed by atoms with Crippen LogP contribution in [0, 0.1) is 0 Å². The van der Waals surface area contributed by atoms with Crippen LogP contribution in [-0.4, -0.2) is 10.1 Å². The zero-order chi connectivity index (χ0) is 18.7. The molecule has 2 nitrogen and oxygen atoms in total. The monoisotopic (exact) mass is 353 g/mol. The Morgan fingerprint density at radius 2 is 1.41 bits per heavy atom. The number of aliphatic hydroxyl groups is 1. The molecule has 2 heteroatoms. The van der Waals surface area contributed by atoms with Gasteiger partial charge < -0.3 is 5.11 Å². The molecule has 0 spiro atoms. The first-order valence-electron chi connectivity index (χ1n) is 9.34. The Bertz CT molecular complexity index is 1030. The molecule has 0 saturated carbocycles. The Balaban J connectivity index is 1.79. The molecule has 0 aliphatic heterocycles. The van der Waals surface area contributed by atoms with Crippen molar-refractivity contribution in [1.82, 2.24) is 4.98 Å². The standard InChI is InChI=1S/C25H23NO/c1-19(23-17-16-21-12-8-9-15-24(21)26-23)25(27,22-13-6-3-7-14-22)18-20-10-4-2-5-11-20/h2-17,19,27H,18H2,1H3/t19-,25+/m1/s1. The van der Waals surface area contributed by atoms with Crippen LogP contribution in [0.1, 0.15) is 29.7 Å². The molecule has 0 amide bonds. The third kappa shape index (κ3) is 3.49. The molecular weight excluding hydrogens is 330 g/mol. The molecule has 0 bridgehead atoms. The Hall–Kier alpha value is -2.97. The van der Waals surface area contributed by atoms with Crippen LogP contribution in [0.2, 0.25) is 0 Å². The second-order valence-electron chi connectivity index (χ2n) is 7.10. The minimum absolute atomic E-state index is 0.162. The predicted octanol–water partition coefficient (Wildman–Crippen LogP) is 5.47. The van der Waals surface area contributed by atoms with Crippen LogP contribution in [0.4, 0.5) is 0 Å². The lowest BCUT2D eigenvalue weighted by Gasteiger charge is -2.35. The molecule has 0 fully saturated rings. The summed E-state index contributed by atoms with van der Waals surface area (Å²) in [4.78, 5) is 4.85. The lowest BCUT2D eigenvalue weighted by atomic mass is 9.76. The van der Waals surface area contributed by atoms with Crippen LogP contribution in [0.15, 0.2) is 97.1 Å². The van der Waals surface area contributed by atoms with Crippen LogP contribution in [-0.2, 0) is 12.0 Å². The van der Waals surface area contributed by atoms with Crippen LogP contribution < -0.4 is 0 Å². The summed E-state index contributed by atoms with van der Waals surface area (Å²) < 4.78 is 0. The van der Waals surface area contributed by atoms with E-state index in [4.69, 9.17) is 4.98 Å². The third-order valence-electron chi connectivity index (χ3n) is 5.37. The highest BCUT2D eigenvalue weighted by molar-refractivity contribution is 5.78. The largest absolute Gasteiger partial charge is 0.384 e. The summed E-state index contributed by atoms with van der Waals surface area (Å²) in [5.74, 6) is -0.162. The number of rotatable bonds is 5. The molecular formula is C25H23NO. The molecule has 4 rings (SSSR count). The molecule has 1 aromatic heterocycles. The molecule has 4 aromatic rings. The van der Waals surface area contributed by atoms with Crippen LogP contribution in [0.25, 0.3) is 10.9 Å². The number of aromatic nitrogens is 1. The molecule has 1 heterocycles.